The number of hydrogen-bond acceptors (Lipinski definition) is 8. The van der Waals surface area contributed by atoms with Crippen LogP contribution in [-0.2, 0) is 17.2 Å². The van der Waals surface area contributed by atoms with Crippen molar-refractivity contribution in [1.82, 2.24) is 24.9 Å². The van der Waals surface area contributed by atoms with Crippen molar-refractivity contribution >= 4 is 28.9 Å². The summed E-state index contributed by atoms with van der Waals surface area (Å²) < 4.78 is 55.4. The van der Waals surface area contributed by atoms with Gasteiger partial charge in [0.1, 0.15) is 12.0 Å². The molecule has 0 saturated heterocycles. The summed E-state index contributed by atoms with van der Waals surface area (Å²) in [6.07, 6.45) is 8.86. The third-order valence-corrected chi connectivity index (χ3v) is 6.98. The predicted molar refractivity (Wildman–Crippen MR) is 171 cm³/mol. The van der Waals surface area contributed by atoms with E-state index < -0.39 is 22.7 Å². The molecule has 9 nitrogen and oxygen atoms in total. The molecule has 13 heteroatoms. The van der Waals surface area contributed by atoms with Gasteiger partial charge in [0.25, 0.3) is 0 Å². The number of likely N-dealkylation sites (N-methyl/N-ethyl adjacent to an activating group) is 2. The Morgan fingerprint density at radius 1 is 1.16 bits per heavy atom. The molecule has 43 heavy (non-hydrogen) atoms. The average molecular weight is 633 g/mol. The topological polar surface area (TPSA) is 108 Å². The van der Waals surface area contributed by atoms with Gasteiger partial charge in [0, 0.05) is 31.1 Å². The van der Waals surface area contributed by atoms with E-state index in [0.717, 1.165) is 19.0 Å². The maximum atomic E-state index is 12.7. The molecule has 1 aromatic heterocycles. The normalized spacial score (nSPS) is 13.8. The van der Waals surface area contributed by atoms with Crippen LogP contribution in [0.15, 0.2) is 24.4 Å². The van der Waals surface area contributed by atoms with Crippen LogP contribution in [-0.4, -0.2) is 80.0 Å². The third-order valence-electron chi connectivity index (χ3n) is 6.41. The standard InChI is InChI=1S/C14H12F3N3O2.C9H18.C5H14N2.C2H7NOS/c1-8-10(14(15,16)17)6-18-13(19-8)20-11-5-9(7-21)3-4-12(11)22-2;1-2-6-9-7-4-3-5-8-9;1-6-4-5-7(2)3;1-3-5(2)4/h3-7H,1-2H3,(H,18,19,20);9H,2-8H2,1H3;6H,4-5H2,1-3H3;3H,1-2H3. The maximum Gasteiger partial charge on any atom is 0.419 e. The molecule has 1 aliphatic carbocycles. The largest absolute Gasteiger partial charge is 0.495 e. The van der Waals surface area contributed by atoms with Crippen LogP contribution in [0.5, 0.6) is 5.75 Å². The van der Waals surface area contributed by atoms with Crippen LogP contribution in [0.4, 0.5) is 24.8 Å². The lowest BCUT2D eigenvalue weighted by Gasteiger charge is -2.20. The van der Waals surface area contributed by atoms with E-state index in [0.29, 0.717) is 29.5 Å². The highest BCUT2D eigenvalue weighted by Crippen LogP contribution is 2.32. The molecule has 0 bridgehead atoms. The van der Waals surface area contributed by atoms with Gasteiger partial charge in [-0.1, -0.05) is 51.9 Å². The third kappa shape index (κ3) is 18.6. The van der Waals surface area contributed by atoms with Gasteiger partial charge in [0.05, 0.1) is 35.0 Å². The molecule has 1 unspecified atom stereocenters. The van der Waals surface area contributed by atoms with Crippen molar-refractivity contribution in [3.63, 3.8) is 0 Å². The second kappa shape index (κ2) is 22.9. The number of carbonyl (C=O) groups excluding carboxylic acids is 1. The first-order valence-electron chi connectivity index (χ1n) is 14.4. The van der Waals surface area contributed by atoms with Crippen molar-refractivity contribution in [2.45, 2.75) is 65.0 Å². The number of rotatable bonds is 10. The number of nitrogens with one attached hydrogen (secondary N) is 3. The first-order valence-corrected chi connectivity index (χ1v) is 16.0. The highest BCUT2D eigenvalue weighted by molar-refractivity contribution is 7.82. The average Bonchev–Trinajstić information content (AvgIpc) is 2.97. The second-order valence-electron chi connectivity index (χ2n) is 10.3. The summed E-state index contributed by atoms with van der Waals surface area (Å²) in [6.45, 7) is 5.74. The van der Waals surface area contributed by atoms with E-state index in [1.807, 2.05) is 7.05 Å². The molecule has 1 aromatic carbocycles. The molecular weight excluding hydrogens is 581 g/mol. The summed E-state index contributed by atoms with van der Waals surface area (Å²) in [5, 5.41) is 5.80. The van der Waals surface area contributed by atoms with Gasteiger partial charge in [0.2, 0.25) is 5.95 Å². The molecular formula is C30H51F3N6O3S. The molecule has 0 spiro atoms. The van der Waals surface area contributed by atoms with Gasteiger partial charge in [-0.15, -0.1) is 0 Å². The van der Waals surface area contributed by atoms with E-state index in [4.69, 9.17) is 4.74 Å². The Morgan fingerprint density at radius 3 is 2.21 bits per heavy atom. The fourth-order valence-electron chi connectivity index (χ4n) is 4.04. The van der Waals surface area contributed by atoms with E-state index >= 15 is 0 Å². The number of alkyl halides is 3. The van der Waals surface area contributed by atoms with Gasteiger partial charge in [-0.05, 0) is 59.2 Å². The van der Waals surface area contributed by atoms with Crippen molar-refractivity contribution in [2.75, 3.05) is 60.0 Å². The van der Waals surface area contributed by atoms with E-state index in [1.165, 1.54) is 65.0 Å². The van der Waals surface area contributed by atoms with E-state index in [2.05, 4.69) is 51.2 Å². The molecule has 1 heterocycles. The SMILES string of the molecule is CCCC1CCCCC1.CNCCN(C)C.CNS(C)=O.COc1ccc(C=O)cc1Nc1ncc(C(F)(F)F)c(C)n1. The Kier molecular flexibility index (Phi) is 21.5. The van der Waals surface area contributed by atoms with Crippen LogP contribution in [0.3, 0.4) is 0 Å². The Hall–Kier alpha value is -2.61. The number of hydrogen-bond donors (Lipinski definition) is 3. The number of aldehydes is 1. The zero-order valence-corrected chi connectivity index (χ0v) is 27.8. The molecule has 1 saturated carbocycles. The molecule has 1 aliphatic rings. The summed E-state index contributed by atoms with van der Waals surface area (Å²) in [6, 6.07) is 4.60. The Bertz CT molecular complexity index is 1070. The molecule has 2 aromatic rings. The number of aryl methyl sites for hydroxylation is 1. The summed E-state index contributed by atoms with van der Waals surface area (Å²) >= 11 is 0. The first kappa shape index (κ1) is 40.4. The predicted octanol–water partition coefficient (Wildman–Crippen LogP) is 6.00. The Balaban J connectivity index is 0.000000685. The molecule has 3 N–H and O–H groups in total. The summed E-state index contributed by atoms with van der Waals surface area (Å²) in [5.41, 5.74) is -0.333. The minimum absolute atomic E-state index is 0.0214. The van der Waals surface area contributed by atoms with Crippen LogP contribution in [0.1, 0.15) is 73.5 Å². The number of anilines is 2. The highest BCUT2D eigenvalue weighted by Gasteiger charge is 2.33. The number of methoxy groups -OCH3 is 1. The monoisotopic (exact) mass is 632 g/mol. The van der Waals surface area contributed by atoms with Crippen LogP contribution < -0.4 is 20.1 Å². The zero-order chi connectivity index (χ0) is 32.8. The van der Waals surface area contributed by atoms with Crippen LogP contribution in [0.2, 0.25) is 0 Å². The first-order chi connectivity index (χ1) is 20.3. The van der Waals surface area contributed by atoms with Crippen LogP contribution in [0.25, 0.3) is 0 Å². The quantitative estimate of drug-likeness (QED) is 0.274. The van der Waals surface area contributed by atoms with Crippen molar-refractivity contribution < 1.29 is 26.9 Å². The Labute approximate surface area is 258 Å². The molecule has 0 radical (unpaired) electrons. The smallest absolute Gasteiger partial charge is 0.419 e. The van der Waals surface area contributed by atoms with E-state index in [9.17, 15) is 22.2 Å². The Morgan fingerprint density at radius 2 is 1.79 bits per heavy atom. The van der Waals surface area contributed by atoms with Gasteiger partial charge >= 0.3 is 6.18 Å². The van der Waals surface area contributed by atoms with Gasteiger partial charge in [-0.2, -0.15) is 13.2 Å². The molecule has 246 valence electrons. The van der Waals surface area contributed by atoms with Gasteiger partial charge in [0.15, 0.2) is 0 Å². The van der Waals surface area contributed by atoms with Gasteiger partial charge < -0.3 is 20.3 Å². The minimum Gasteiger partial charge on any atom is -0.495 e. The van der Waals surface area contributed by atoms with Crippen molar-refractivity contribution in [3.05, 3.63) is 41.2 Å². The summed E-state index contributed by atoms with van der Waals surface area (Å²) in [7, 11) is 8.35. The molecule has 0 amide bonds. The molecule has 1 atom stereocenters. The lowest BCUT2D eigenvalue weighted by Crippen LogP contribution is -2.23. The molecule has 0 aliphatic heterocycles. The maximum absolute atomic E-state index is 12.7. The zero-order valence-electron chi connectivity index (χ0n) is 26.9. The van der Waals surface area contributed by atoms with Gasteiger partial charge in [-0.25, -0.2) is 18.9 Å². The number of carbonyl (C=O) groups is 1. The lowest BCUT2D eigenvalue weighted by molar-refractivity contribution is -0.138. The summed E-state index contributed by atoms with van der Waals surface area (Å²) in [5.74, 6) is 1.49. The number of benzene rings is 1. The van der Waals surface area contributed by atoms with E-state index in [1.54, 1.807) is 25.4 Å². The van der Waals surface area contributed by atoms with Crippen molar-refractivity contribution in [2.24, 2.45) is 5.92 Å². The van der Waals surface area contributed by atoms with Gasteiger partial charge in [-0.3, -0.25) is 4.79 Å². The van der Waals surface area contributed by atoms with Crippen molar-refractivity contribution in [3.8, 4) is 5.75 Å². The number of halogens is 3. The van der Waals surface area contributed by atoms with E-state index in [-0.39, 0.29) is 11.6 Å². The highest BCUT2D eigenvalue weighted by atomic mass is 32.2. The molecule has 3 rings (SSSR count). The van der Waals surface area contributed by atoms with Crippen LogP contribution >= 0.6 is 0 Å². The molecule has 1 fully saturated rings. The summed E-state index contributed by atoms with van der Waals surface area (Å²) in [4.78, 5) is 20.4. The number of ether oxygens (including phenoxy) is 1. The second-order valence-corrected chi connectivity index (χ2v) is 11.6. The number of nitrogens with zero attached hydrogens (tertiary/aromatic N) is 3. The van der Waals surface area contributed by atoms with Crippen LogP contribution in [0, 0.1) is 12.8 Å². The minimum atomic E-state index is -4.50. The fraction of sp³-hybridized carbons (Fsp3) is 0.633. The fourth-order valence-corrected chi connectivity index (χ4v) is 4.04. The lowest BCUT2D eigenvalue weighted by atomic mass is 9.86. The van der Waals surface area contributed by atoms with Crippen molar-refractivity contribution in [1.29, 1.82) is 0 Å². The number of aromatic nitrogens is 2.